The molecular formula is C13H12F2N2O2. The van der Waals surface area contributed by atoms with Crippen molar-refractivity contribution in [3.05, 3.63) is 29.6 Å². The van der Waals surface area contributed by atoms with Crippen LogP contribution >= 0.6 is 0 Å². The Hall–Kier alpha value is -1.98. The van der Waals surface area contributed by atoms with E-state index >= 15 is 0 Å². The smallest absolute Gasteiger partial charge is 0.307 e. The second-order valence-corrected chi connectivity index (χ2v) is 5.49. The summed E-state index contributed by atoms with van der Waals surface area (Å²) >= 11 is 0. The molecule has 0 saturated heterocycles. The number of aromatic amines is 1. The van der Waals surface area contributed by atoms with Crippen LogP contribution in [-0.2, 0) is 4.79 Å². The van der Waals surface area contributed by atoms with Crippen LogP contribution in [0.1, 0.15) is 25.6 Å². The van der Waals surface area contributed by atoms with Gasteiger partial charge in [-0.1, -0.05) is 13.8 Å². The van der Waals surface area contributed by atoms with E-state index in [1.54, 1.807) is 0 Å². The summed E-state index contributed by atoms with van der Waals surface area (Å²) in [6.45, 7) is 3.64. The third-order valence-electron chi connectivity index (χ3n) is 3.95. The maximum Gasteiger partial charge on any atom is 0.307 e. The van der Waals surface area contributed by atoms with Gasteiger partial charge in [0.25, 0.3) is 0 Å². The number of carboxylic acid groups (broad SMARTS) is 1. The van der Waals surface area contributed by atoms with Crippen LogP contribution in [0.25, 0.3) is 11.0 Å². The zero-order valence-electron chi connectivity index (χ0n) is 10.4. The SMILES string of the molecule is CC1(C)C(C(=O)O)C1c1nc2c(F)c(F)ccc2[nH]1. The fraction of sp³-hybridized carbons (Fsp3) is 0.385. The minimum atomic E-state index is -1.01. The molecule has 2 atom stereocenters. The highest BCUT2D eigenvalue weighted by Gasteiger charge is 2.64. The number of H-pyrrole nitrogens is 1. The summed E-state index contributed by atoms with van der Waals surface area (Å²) in [5, 5.41) is 9.12. The molecule has 0 spiro atoms. The molecule has 1 aliphatic carbocycles. The summed E-state index contributed by atoms with van der Waals surface area (Å²) in [6, 6.07) is 2.42. The number of nitrogens with zero attached hydrogens (tertiary/aromatic N) is 1. The van der Waals surface area contributed by atoms with E-state index in [4.69, 9.17) is 5.11 Å². The van der Waals surface area contributed by atoms with Gasteiger partial charge < -0.3 is 10.1 Å². The lowest BCUT2D eigenvalue weighted by atomic mass is 10.1. The van der Waals surface area contributed by atoms with E-state index in [0.29, 0.717) is 11.3 Å². The highest BCUT2D eigenvalue weighted by molar-refractivity contribution is 5.79. The van der Waals surface area contributed by atoms with Crippen LogP contribution in [0.3, 0.4) is 0 Å². The molecule has 19 heavy (non-hydrogen) atoms. The average molecular weight is 266 g/mol. The van der Waals surface area contributed by atoms with Gasteiger partial charge in [0.2, 0.25) is 0 Å². The Morgan fingerprint density at radius 2 is 2.11 bits per heavy atom. The third-order valence-corrected chi connectivity index (χ3v) is 3.95. The van der Waals surface area contributed by atoms with Gasteiger partial charge in [0, 0.05) is 5.92 Å². The van der Waals surface area contributed by atoms with E-state index in [1.807, 2.05) is 13.8 Å². The quantitative estimate of drug-likeness (QED) is 0.878. The van der Waals surface area contributed by atoms with Crippen molar-refractivity contribution in [1.82, 2.24) is 9.97 Å². The molecule has 6 heteroatoms. The number of rotatable bonds is 2. The number of carboxylic acids is 1. The number of benzene rings is 1. The minimum absolute atomic E-state index is 0.0816. The van der Waals surface area contributed by atoms with Crippen LogP contribution in [0.4, 0.5) is 8.78 Å². The van der Waals surface area contributed by atoms with E-state index in [2.05, 4.69) is 9.97 Å². The highest BCUT2D eigenvalue weighted by atomic mass is 19.2. The molecule has 0 amide bonds. The normalized spacial score (nSPS) is 24.6. The molecule has 1 aliphatic rings. The van der Waals surface area contributed by atoms with Crippen molar-refractivity contribution in [2.24, 2.45) is 11.3 Å². The number of hydrogen-bond acceptors (Lipinski definition) is 2. The summed E-state index contributed by atoms with van der Waals surface area (Å²) in [7, 11) is 0. The second kappa shape index (κ2) is 3.53. The van der Waals surface area contributed by atoms with Gasteiger partial charge in [-0.2, -0.15) is 0 Å². The lowest BCUT2D eigenvalue weighted by Gasteiger charge is -1.97. The molecule has 2 unspecified atom stereocenters. The molecule has 2 N–H and O–H groups in total. The summed E-state index contributed by atoms with van der Waals surface area (Å²) in [5.74, 6) is -3.33. The van der Waals surface area contributed by atoms with Gasteiger partial charge in [0.15, 0.2) is 11.6 Å². The van der Waals surface area contributed by atoms with Gasteiger partial charge in [-0.05, 0) is 17.5 Å². The molecule has 1 fully saturated rings. The molecule has 1 heterocycles. The van der Waals surface area contributed by atoms with E-state index in [-0.39, 0.29) is 11.4 Å². The van der Waals surface area contributed by atoms with Crippen molar-refractivity contribution in [2.75, 3.05) is 0 Å². The number of aliphatic carboxylic acids is 1. The minimum Gasteiger partial charge on any atom is -0.481 e. The fourth-order valence-corrected chi connectivity index (χ4v) is 2.79. The predicted octanol–water partition coefficient (Wildman–Crippen LogP) is 2.67. The van der Waals surface area contributed by atoms with Crippen LogP contribution in [0.2, 0.25) is 0 Å². The molecule has 1 aromatic heterocycles. The highest BCUT2D eigenvalue weighted by Crippen LogP contribution is 2.63. The van der Waals surface area contributed by atoms with Crippen molar-refractivity contribution in [1.29, 1.82) is 0 Å². The molecule has 0 bridgehead atoms. The van der Waals surface area contributed by atoms with Crippen molar-refractivity contribution < 1.29 is 18.7 Å². The van der Waals surface area contributed by atoms with Crippen molar-refractivity contribution >= 4 is 17.0 Å². The summed E-state index contributed by atoms with van der Waals surface area (Å²) in [4.78, 5) is 18.0. The van der Waals surface area contributed by atoms with Gasteiger partial charge >= 0.3 is 5.97 Å². The van der Waals surface area contributed by atoms with Gasteiger partial charge in [-0.25, -0.2) is 13.8 Å². The Morgan fingerprint density at radius 1 is 1.42 bits per heavy atom. The zero-order valence-corrected chi connectivity index (χ0v) is 10.4. The van der Waals surface area contributed by atoms with Gasteiger partial charge in [-0.3, -0.25) is 4.79 Å². The Labute approximate surface area is 107 Å². The molecule has 1 aromatic carbocycles. The molecule has 2 aromatic rings. The van der Waals surface area contributed by atoms with Crippen molar-refractivity contribution in [3.8, 4) is 0 Å². The summed E-state index contributed by atoms with van der Waals surface area (Å²) < 4.78 is 26.7. The Balaban J connectivity index is 2.09. The van der Waals surface area contributed by atoms with Crippen molar-refractivity contribution in [3.63, 3.8) is 0 Å². The van der Waals surface area contributed by atoms with Gasteiger partial charge in [0.05, 0.1) is 11.4 Å². The first-order chi connectivity index (χ1) is 8.84. The van der Waals surface area contributed by atoms with Gasteiger partial charge in [-0.15, -0.1) is 0 Å². The van der Waals surface area contributed by atoms with E-state index in [1.165, 1.54) is 6.07 Å². The number of aromatic nitrogens is 2. The largest absolute Gasteiger partial charge is 0.481 e. The predicted molar refractivity (Wildman–Crippen MR) is 63.7 cm³/mol. The van der Waals surface area contributed by atoms with Crippen molar-refractivity contribution in [2.45, 2.75) is 19.8 Å². The maximum atomic E-state index is 13.6. The molecular weight excluding hydrogens is 254 g/mol. The Bertz CT molecular complexity index is 693. The lowest BCUT2D eigenvalue weighted by molar-refractivity contribution is -0.139. The number of nitrogens with one attached hydrogen (secondary N) is 1. The molecule has 3 rings (SSSR count). The van der Waals surface area contributed by atoms with Crippen LogP contribution in [0.5, 0.6) is 0 Å². The topological polar surface area (TPSA) is 66.0 Å². The molecule has 1 saturated carbocycles. The van der Waals surface area contributed by atoms with E-state index in [0.717, 1.165) is 6.07 Å². The second-order valence-electron chi connectivity index (χ2n) is 5.49. The van der Waals surface area contributed by atoms with Gasteiger partial charge in [0.1, 0.15) is 11.3 Å². The van der Waals surface area contributed by atoms with E-state index in [9.17, 15) is 13.6 Å². The maximum absolute atomic E-state index is 13.6. The number of imidazole rings is 1. The van der Waals surface area contributed by atoms with Crippen LogP contribution in [0.15, 0.2) is 12.1 Å². The fourth-order valence-electron chi connectivity index (χ4n) is 2.79. The first-order valence-corrected chi connectivity index (χ1v) is 5.90. The van der Waals surface area contributed by atoms with Crippen LogP contribution < -0.4 is 0 Å². The first kappa shape index (κ1) is 12.1. The molecule has 0 radical (unpaired) electrons. The van der Waals surface area contributed by atoms with Crippen LogP contribution in [-0.4, -0.2) is 21.0 Å². The molecule has 0 aliphatic heterocycles. The summed E-state index contributed by atoms with van der Waals surface area (Å²) in [6.07, 6.45) is 0. The first-order valence-electron chi connectivity index (χ1n) is 5.90. The zero-order chi connectivity index (χ0) is 13.9. The average Bonchev–Trinajstić information content (AvgIpc) is 2.70. The lowest BCUT2D eigenvalue weighted by Crippen LogP contribution is -2.03. The standard InChI is InChI=1S/C13H12F2N2O2/c1-13(2)7(8(13)12(18)19)11-16-6-4-3-5(14)9(15)10(6)17-11/h3-4,7-8H,1-2H3,(H,16,17)(H,18,19). The number of fused-ring (bicyclic) bond motifs is 1. The Kier molecular flexibility index (Phi) is 2.24. The van der Waals surface area contributed by atoms with E-state index < -0.39 is 28.9 Å². The molecule has 100 valence electrons. The number of hydrogen-bond donors (Lipinski definition) is 2. The Morgan fingerprint density at radius 3 is 2.68 bits per heavy atom. The van der Waals surface area contributed by atoms with Crippen LogP contribution in [0, 0.1) is 23.0 Å². The summed E-state index contributed by atoms with van der Waals surface area (Å²) in [5.41, 5.74) is -0.142. The number of carbonyl (C=O) groups is 1. The number of halogens is 2. The molecule has 4 nitrogen and oxygen atoms in total. The monoisotopic (exact) mass is 266 g/mol. The third kappa shape index (κ3) is 1.55.